The Kier molecular flexibility index (Phi) is 9.87. The number of hydrogen-bond acceptors (Lipinski definition) is 6. The highest BCUT2D eigenvalue weighted by Crippen LogP contribution is 2.65. The Morgan fingerprint density at radius 3 is 1.36 bits per heavy atom. The van der Waals surface area contributed by atoms with Crippen molar-refractivity contribution < 1.29 is 28.5 Å². The summed E-state index contributed by atoms with van der Waals surface area (Å²) >= 11 is 0. The number of benzene rings is 2. The van der Waals surface area contributed by atoms with Crippen LogP contribution in [0.1, 0.15) is 70.9 Å². The van der Waals surface area contributed by atoms with Gasteiger partial charge in [-0.05, 0) is 105 Å². The molecule has 0 spiro atoms. The molecule has 2 aromatic carbocycles. The van der Waals surface area contributed by atoms with Crippen LogP contribution in [0.4, 0.5) is 0 Å². The molecule has 2 atom stereocenters. The second kappa shape index (κ2) is 13.6. The van der Waals surface area contributed by atoms with Gasteiger partial charge >= 0.3 is 11.9 Å². The van der Waals surface area contributed by atoms with Crippen LogP contribution in [0, 0.1) is 35.5 Å². The van der Waals surface area contributed by atoms with Gasteiger partial charge in [-0.3, -0.25) is 0 Å². The van der Waals surface area contributed by atoms with Crippen LogP contribution in [-0.4, -0.2) is 38.4 Å². The first-order valence-electron chi connectivity index (χ1n) is 16.2. The smallest absolute Gasteiger partial charge is 0.333 e. The number of carbonyl (C=O) groups is 2. The van der Waals surface area contributed by atoms with E-state index >= 15 is 0 Å². The molecule has 6 rings (SSSR count). The largest absolute Gasteiger partial charge is 0.493 e. The molecule has 4 aliphatic rings. The summed E-state index contributed by atoms with van der Waals surface area (Å²) in [6, 6.07) is 17.5. The van der Waals surface area contributed by atoms with Crippen molar-refractivity contribution in [2.45, 2.75) is 65.2 Å². The van der Waals surface area contributed by atoms with Crippen LogP contribution in [-0.2, 0) is 24.5 Å². The summed E-state index contributed by atoms with van der Waals surface area (Å²) < 4.78 is 22.8. The maximum absolute atomic E-state index is 11.7. The predicted molar refractivity (Wildman–Crippen MR) is 172 cm³/mol. The number of hydrogen-bond donors (Lipinski definition) is 0. The second-order valence-corrected chi connectivity index (χ2v) is 13.8. The lowest BCUT2D eigenvalue weighted by molar-refractivity contribution is -0.141. The van der Waals surface area contributed by atoms with Crippen molar-refractivity contribution in [1.82, 2.24) is 0 Å². The SMILES string of the molecule is C=C(C)C(=O)OCC(C)COc1ccc(C2(c3ccc(OCC(C)COC(=O)C(=C)C)cc3)C3CC4CC(C3)CC2C4)cc1. The van der Waals surface area contributed by atoms with Gasteiger partial charge in [-0.25, -0.2) is 9.59 Å². The highest BCUT2D eigenvalue weighted by Gasteiger charge is 2.58. The molecule has 6 heteroatoms. The van der Waals surface area contributed by atoms with E-state index in [1.54, 1.807) is 13.8 Å². The molecule has 2 unspecified atom stereocenters. The molecule has 4 aliphatic carbocycles. The Hall–Kier alpha value is -3.54. The van der Waals surface area contributed by atoms with Crippen molar-refractivity contribution in [2.75, 3.05) is 26.4 Å². The van der Waals surface area contributed by atoms with E-state index in [1.165, 1.54) is 43.2 Å². The lowest BCUT2D eigenvalue weighted by atomic mass is 9.42. The van der Waals surface area contributed by atoms with E-state index in [4.69, 9.17) is 18.9 Å². The third-order valence-corrected chi connectivity index (χ3v) is 9.85. The first-order valence-corrected chi connectivity index (χ1v) is 16.2. The van der Waals surface area contributed by atoms with Crippen LogP contribution >= 0.6 is 0 Å². The van der Waals surface area contributed by atoms with E-state index in [0.717, 1.165) is 23.3 Å². The zero-order chi connectivity index (χ0) is 31.4. The third kappa shape index (κ3) is 6.90. The Morgan fingerprint density at radius 1 is 0.659 bits per heavy atom. The molecular weight excluding hydrogens is 552 g/mol. The average Bonchev–Trinajstić information content (AvgIpc) is 3.01. The summed E-state index contributed by atoms with van der Waals surface area (Å²) in [5.74, 6) is 4.05. The molecule has 4 bridgehead atoms. The molecule has 4 saturated carbocycles. The molecule has 0 aliphatic heterocycles. The standard InChI is InChI=1S/C38H48O6/c1-24(2)36(39)43-22-26(5)20-41-34-11-7-30(8-12-34)38(32-16-28-15-29(18-32)19-33(38)17-28)31-9-13-35(14-10-31)42-21-27(6)23-44-37(40)25(3)4/h7-14,26-29,32-33H,1,3,15-23H2,2,4-6H3. The number of esters is 2. The number of rotatable bonds is 14. The topological polar surface area (TPSA) is 71.1 Å². The van der Waals surface area contributed by atoms with Gasteiger partial charge in [0.15, 0.2) is 0 Å². The average molecular weight is 601 g/mol. The van der Waals surface area contributed by atoms with Crippen molar-refractivity contribution in [3.05, 3.63) is 84.0 Å². The molecule has 4 fully saturated rings. The molecule has 44 heavy (non-hydrogen) atoms. The minimum absolute atomic E-state index is 0.0153. The fourth-order valence-corrected chi connectivity index (χ4v) is 7.95. The first-order chi connectivity index (χ1) is 21.1. The molecule has 0 saturated heterocycles. The van der Waals surface area contributed by atoms with Gasteiger partial charge in [0.1, 0.15) is 11.5 Å². The minimum Gasteiger partial charge on any atom is -0.493 e. The zero-order valence-electron chi connectivity index (χ0n) is 26.8. The van der Waals surface area contributed by atoms with Crippen molar-refractivity contribution in [1.29, 1.82) is 0 Å². The molecule has 0 amide bonds. The van der Waals surface area contributed by atoms with Gasteiger partial charge in [0.2, 0.25) is 0 Å². The number of carbonyl (C=O) groups excluding carboxylic acids is 2. The predicted octanol–water partition coefficient (Wildman–Crippen LogP) is 7.70. The summed E-state index contributed by atoms with van der Waals surface area (Å²) in [5, 5.41) is 0. The van der Waals surface area contributed by atoms with E-state index in [2.05, 4.69) is 61.7 Å². The fraction of sp³-hybridized carbons (Fsp3) is 0.526. The van der Waals surface area contributed by atoms with Crippen LogP contribution in [0.25, 0.3) is 0 Å². The van der Waals surface area contributed by atoms with E-state index in [1.807, 2.05) is 13.8 Å². The Bertz CT molecular complexity index is 1230. The molecule has 6 nitrogen and oxygen atoms in total. The van der Waals surface area contributed by atoms with Gasteiger partial charge in [0.05, 0.1) is 26.4 Å². The van der Waals surface area contributed by atoms with E-state index in [9.17, 15) is 9.59 Å². The number of ether oxygens (including phenoxy) is 4. The Morgan fingerprint density at radius 2 is 1.02 bits per heavy atom. The minimum atomic E-state index is -0.363. The first kappa shape index (κ1) is 31.9. The lowest BCUT2D eigenvalue weighted by Gasteiger charge is -2.62. The summed E-state index contributed by atoms with van der Waals surface area (Å²) in [7, 11) is 0. The Labute approximate surface area is 262 Å². The summed E-state index contributed by atoms with van der Waals surface area (Å²) in [6.45, 7) is 16.1. The van der Waals surface area contributed by atoms with Gasteiger partial charge < -0.3 is 18.9 Å². The van der Waals surface area contributed by atoms with Crippen LogP contribution < -0.4 is 9.47 Å². The van der Waals surface area contributed by atoms with Crippen molar-refractivity contribution in [3.8, 4) is 11.5 Å². The lowest BCUT2D eigenvalue weighted by Crippen LogP contribution is -2.56. The molecule has 236 valence electrons. The van der Waals surface area contributed by atoms with Crippen molar-refractivity contribution in [3.63, 3.8) is 0 Å². The van der Waals surface area contributed by atoms with Gasteiger partial charge in [-0.2, -0.15) is 0 Å². The Balaban J connectivity index is 1.28. The highest BCUT2D eigenvalue weighted by atomic mass is 16.5. The molecule has 2 aromatic rings. The van der Waals surface area contributed by atoms with Crippen LogP contribution in [0.15, 0.2) is 72.8 Å². The van der Waals surface area contributed by atoms with Gasteiger partial charge in [-0.1, -0.05) is 51.3 Å². The summed E-state index contributed by atoms with van der Waals surface area (Å²) in [4.78, 5) is 23.4. The third-order valence-electron chi connectivity index (χ3n) is 9.85. The molecule has 0 radical (unpaired) electrons. The van der Waals surface area contributed by atoms with E-state index < -0.39 is 0 Å². The van der Waals surface area contributed by atoms with Crippen LogP contribution in [0.3, 0.4) is 0 Å². The van der Waals surface area contributed by atoms with Gasteiger partial charge in [0, 0.05) is 28.4 Å². The molecule has 0 heterocycles. The highest BCUT2D eigenvalue weighted by molar-refractivity contribution is 5.87. The molecular formula is C38H48O6. The fourth-order valence-electron chi connectivity index (χ4n) is 7.95. The van der Waals surface area contributed by atoms with Gasteiger partial charge in [0.25, 0.3) is 0 Å². The van der Waals surface area contributed by atoms with Gasteiger partial charge in [-0.15, -0.1) is 0 Å². The maximum Gasteiger partial charge on any atom is 0.333 e. The summed E-state index contributed by atoms with van der Waals surface area (Å²) in [5.41, 5.74) is 3.55. The normalized spacial score (nSPS) is 26.4. The van der Waals surface area contributed by atoms with Crippen LogP contribution in [0.2, 0.25) is 0 Å². The van der Waals surface area contributed by atoms with Crippen molar-refractivity contribution in [2.24, 2.45) is 35.5 Å². The zero-order valence-corrected chi connectivity index (χ0v) is 26.8. The quantitative estimate of drug-likeness (QED) is 0.164. The van der Waals surface area contributed by atoms with Crippen LogP contribution in [0.5, 0.6) is 11.5 Å². The molecule has 0 aromatic heterocycles. The molecule has 0 N–H and O–H groups in total. The maximum atomic E-state index is 11.7. The summed E-state index contributed by atoms with van der Waals surface area (Å²) in [6.07, 6.45) is 6.59. The monoisotopic (exact) mass is 600 g/mol. The van der Waals surface area contributed by atoms with E-state index in [0.29, 0.717) is 49.4 Å². The van der Waals surface area contributed by atoms with Crippen molar-refractivity contribution >= 4 is 11.9 Å². The van der Waals surface area contributed by atoms with E-state index in [-0.39, 0.29) is 29.2 Å². The second-order valence-electron chi connectivity index (χ2n) is 13.8.